The lowest BCUT2D eigenvalue weighted by atomic mass is 10.2. The first-order valence-corrected chi connectivity index (χ1v) is 6.17. The van der Waals surface area contributed by atoms with E-state index in [1.165, 1.54) is 0 Å². The minimum absolute atomic E-state index is 0.176. The number of aromatic nitrogens is 1. The Kier molecular flexibility index (Phi) is 4.14. The summed E-state index contributed by atoms with van der Waals surface area (Å²) in [6.07, 6.45) is 4.85. The highest BCUT2D eigenvalue weighted by Gasteiger charge is 2.28. The molecule has 5 nitrogen and oxygen atoms in total. The average Bonchev–Trinajstić information content (AvgIpc) is 3.07. The molecule has 94 valence electrons. The van der Waals surface area contributed by atoms with Gasteiger partial charge in [-0.3, -0.25) is 4.79 Å². The number of aliphatic hydroxyl groups is 1. The summed E-state index contributed by atoms with van der Waals surface area (Å²) in [5.41, 5.74) is 0.369. The molecule has 2 rings (SSSR count). The molecular formula is C12H18N2O3. The molecule has 0 aromatic carbocycles. The van der Waals surface area contributed by atoms with Crippen LogP contribution in [0.2, 0.25) is 0 Å². The van der Waals surface area contributed by atoms with Crippen molar-refractivity contribution < 1.29 is 14.4 Å². The minimum atomic E-state index is -0.176. The molecule has 0 saturated heterocycles. The SMILES string of the molecule is O=C(NCCCCCO)c1cc(C2CC2)on1. The van der Waals surface area contributed by atoms with Gasteiger partial charge in [-0.05, 0) is 32.1 Å². The number of rotatable bonds is 7. The van der Waals surface area contributed by atoms with Crippen molar-refractivity contribution in [2.75, 3.05) is 13.2 Å². The zero-order chi connectivity index (χ0) is 12.1. The summed E-state index contributed by atoms with van der Waals surface area (Å²) in [5.74, 6) is 1.13. The maximum atomic E-state index is 11.7. The smallest absolute Gasteiger partial charge is 0.273 e. The third kappa shape index (κ3) is 3.56. The highest BCUT2D eigenvalue weighted by Crippen LogP contribution is 2.40. The van der Waals surface area contributed by atoms with Crippen LogP contribution in [0.3, 0.4) is 0 Å². The molecule has 1 heterocycles. The fourth-order valence-electron chi connectivity index (χ4n) is 1.66. The van der Waals surface area contributed by atoms with Crippen molar-refractivity contribution >= 4 is 5.91 Å². The second-order valence-electron chi connectivity index (χ2n) is 4.43. The standard InChI is InChI=1S/C12H18N2O3/c15-7-3-1-2-6-13-12(16)10-8-11(17-14-10)9-4-5-9/h8-9,15H,1-7H2,(H,13,16). The third-order valence-corrected chi connectivity index (χ3v) is 2.86. The van der Waals surface area contributed by atoms with Gasteiger partial charge >= 0.3 is 0 Å². The quantitative estimate of drug-likeness (QED) is 0.705. The Morgan fingerprint density at radius 3 is 3.00 bits per heavy atom. The van der Waals surface area contributed by atoms with Crippen molar-refractivity contribution in [1.82, 2.24) is 10.5 Å². The van der Waals surface area contributed by atoms with Gasteiger partial charge in [0.05, 0.1) is 0 Å². The molecular weight excluding hydrogens is 220 g/mol. The van der Waals surface area contributed by atoms with Gasteiger partial charge < -0.3 is 14.9 Å². The third-order valence-electron chi connectivity index (χ3n) is 2.86. The van der Waals surface area contributed by atoms with Crippen LogP contribution in [0.4, 0.5) is 0 Å². The van der Waals surface area contributed by atoms with Crippen molar-refractivity contribution in [3.8, 4) is 0 Å². The summed E-state index contributed by atoms with van der Waals surface area (Å²) in [6, 6.07) is 1.74. The zero-order valence-electron chi connectivity index (χ0n) is 9.82. The molecule has 0 spiro atoms. The van der Waals surface area contributed by atoms with E-state index in [0.29, 0.717) is 18.2 Å². The predicted octanol–water partition coefficient (Wildman–Crippen LogP) is 1.44. The molecule has 17 heavy (non-hydrogen) atoms. The van der Waals surface area contributed by atoms with Crippen molar-refractivity contribution in [3.63, 3.8) is 0 Å². The molecule has 1 amide bonds. The Morgan fingerprint density at radius 2 is 2.29 bits per heavy atom. The number of nitrogens with one attached hydrogen (secondary N) is 1. The summed E-state index contributed by atoms with van der Waals surface area (Å²) in [4.78, 5) is 11.7. The van der Waals surface area contributed by atoms with Crippen LogP contribution < -0.4 is 5.32 Å². The fraction of sp³-hybridized carbons (Fsp3) is 0.667. The number of hydrogen-bond donors (Lipinski definition) is 2. The summed E-state index contributed by atoms with van der Waals surface area (Å²) in [5, 5.41) is 15.2. The van der Waals surface area contributed by atoms with Crippen LogP contribution in [-0.2, 0) is 0 Å². The average molecular weight is 238 g/mol. The van der Waals surface area contributed by atoms with Gasteiger partial charge in [0.2, 0.25) is 0 Å². The topological polar surface area (TPSA) is 75.4 Å². The number of unbranched alkanes of at least 4 members (excludes halogenated alkanes) is 2. The van der Waals surface area contributed by atoms with Crippen LogP contribution in [0.25, 0.3) is 0 Å². The molecule has 1 fully saturated rings. The number of carbonyl (C=O) groups excluding carboxylic acids is 1. The van der Waals surface area contributed by atoms with Crippen molar-refractivity contribution in [1.29, 1.82) is 0 Å². The highest BCUT2D eigenvalue weighted by atomic mass is 16.5. The maximum Gasteiger partial charge on any atom is 0.273 e. The normalized spacial score (nSPS) is 14.9. The van der Waals surface area contributed by atoms with Gasteiger partial charge in [-0.1, -0.05) is 5.16 Å². The van der Waals surface area contributed by atoms with E-state index in [4.69, 9.17) is 9.63 Å². The van der Waals surface area contributed by atoms with Crippen molar-refractivity contribution in [3.05, 3.63) is 17.5 Å². The van der Waals surface area contributed by atoms with E-state index in [1.807, 2.05) is 0 Å². The molecule has 2 N–H and O–H groups in total. The number of nitrogens with zero attached hydrogens (tertiary/aromatic N) is 1. The lowest BCUT2D eigenvalue weighted by Gasteiger charge is -2.01. The van der Waals surface area contributed by atoms with Gasteiger partial charge in [-0.15, -0.1) is 0 Å². The van der Waals surface area contributed by atoms with Crippen LogP contribution in [0.5, 0.6) is 0 Å². The fourth-order valence-corrected chi connectivity index (χ4v) is 1.66. The Morgan fingerprint density at radius 1 is 1.47 bits per heavy atom. The van der Waals surface area contributed by atoms with Crippen molar-refractivity contribution in [2.24, 2.45) is 0 Å². The molecule has 1 saturated carbocycles. The first kappa shape index (κ1) is 12.1. The van der Waals surface area contributed by atoms with Gasteiger partial charge in [0.1, 0.15) is 5.76 Å². The molecule has 1 aliphatic carbocycles. The Hall–Kier alpha value is -1.36. The molecule has 5 heteroatoms. The molecule has 1 aliphatic rings. The van der Waals surface area contributed by atoms with E-state index in [-0.39, 0.29) is 12.5 Å². The Balaban J connectivity index is 1.70. The first-order chi connectivity index (χ1) is 8.31. The van der Waals surface area contributed by atoms with Gasteiger partial charge in [-0.25, -0.2) is 0 Å². The van der Waals surface area contributed by atoms with E-state index in [9.17, 15) is 4.79 Å². The molecule has 1 aromatic rings. The predicted molar refractivity (Wildman–Crippen MR) is 61.7 cm³/mol. The second-order valence-corrected chi connectivity index (χ2v) is 4.43. The van der Waals surface area contributed by atoms with Gasteiger partial charge in [0, 0.05) is 25.1 Å². The lowest BCUT2D eigenvalue weighted by Crippen LogP contribution is -2.24. The first-order valence-electron chi connectivity index (χ1n) is 6.17. The molecule has 0 atom stereocenters. The number of amides is 1. The number of hydrogen-bond acceptors (Lipinski definition) is 4. The Bertz CT molecular complexity index is 372. The lowest BCUT2D eigenvalue weighted by molar-refractivity contribution is 0.0943. The van der Waals surface area contributed by atoms with Crippen LogP contribution in [-0.4, -0.2) is 29.3 Å². The second kappa shape index (κ2) is 5.82. The molecule has 0 bridgehead atoms. The zero-order valence-corrected chi connectivity index (χ0v) is 9.82. The number of aliphatic hydroxyl groups excluding tert-OH is 1. The Labute approximate surface area is 100 Å². The molecule has 0 unspecified atom stereocenters. The monoisotopic (exact) mass is 238 g/mol. The molecule has 1 aromatic heterocycles. The highest BCUT2D eigenvalue weighted by molar-refractivity contribution is 5.92. The van der Waals surface area contributed by atoms with E-state index in [1.54, 1.807) is 6.07 Å². The van der Waals surface area contributed by atoms with Crippen LogP contribution in [0.15, 0.2) is 10.6 Å². The van der Waals surface area contributed by atoms with Crippen molar-refractivity contribution in [2.45, 2.75) is 38.0 Å². The summed E-state index contributed by atoms with van der Waals surface area (Å²) in [6.45, 7) is 0.826. The van der Waals surface area contributed by atoms with E-state index in [0.717, 1.165) is 37.9 Å². The largest absolute Gasteiger partial charge is 0.396 e. The minimum Gasteiger partial charge on any atom is -0.396 e. The van der Waals surface area contributed by atoms with Gasteiger partial charge in [0.25, 0.3) is 5.91 Å². The summed E-state index contributed by atoms with van der Waals surface area (Å²) >= 11 is 0. The van der Waals surface area contributed by atoms with Crippen LogP contribution in [0.1, 0.15) is 54.3 Å². The van der Waals surface area contributed by atoms with E-state index in [2.05, 4.69) is 10.5 Å². The van der Waals surface area contributed by atoms with Crippen LogP contribution in [0, 0.1) is 0 Å². The maximum absolute atomic E-state index is 11.7. The van der Waals surface area contributed by atoms with Crippen LogP contribution >= 0.6 is 0 Å². The van der Waals surface area contributed by atoms with E-state index < -0.39 is 0 Å². The summed E-state index contributed by atoms with van der Waals surface area (Å²) < 4.78 is 5.11. The van der Waals surface area contributed by atoms with E-state index >= 15 is 0 Å². The van der Waals surface area contributed by atoms with Gasteiger partial charge in [0.15, 0.2) is 5.69 Å². The summed E-state index contributed by atoms with van der Waals surface area (Å²) in [7, 11) is 0. The van der Waals surface area contributed by atoms with Gasteiger partial charge in [-0.2, -0.15) is 0 Å². The number of carbonyl (C=O) groups is 1. The molecule has 0 aliphatic heterocycles. The molecule has 0 radical (unpaired) electrons.